The first kappa shape index (κ1) is 11.2. The molecule has 1 fully saturated rings. The molecule has 1 aliphatic rings. The first-order valence-corrected chi connectivity index (χ1v) is 5.00. The highest BCUT2D eigenvalue weighted by Gasteiger charge is 2.33. The van der Waals surface area contributed by atoms with Crippen LogP contribution in [0.15, 0.2) is 18.3 Å². The molecule has 0 saturated carbocycles. The summed E-state index contributed by atoms with van der Waals surface area (Å²) in [6.07, 6.45) is -2.40. The van der Waals surface area contributed by atoms with Crippen molar-refractivity contribution in [2.75, 3.05) is 18.0 Å². The number of aromatic nitrogens is 1. The van der Waals surface area contributed by atoms with Gasteiger partial charge in [-0.15, -0.1) is 0 Å². The molecule has 1 aromatic rings. The van der Waals surface area contributed by atoms with Crippen LogP contribution in [0, 0.1) is 0 Å². The minimum Gasteiger partial charge on any atom is -0.370 e. The van der Waals surface area contributed by atoms with E-state index in [2.05, 4.69) is 4.98 Å². The van der Waals surface area contributed by atoms with Crippen molar-refractivity contribution in [2.45, 2.75) is 18.6 Å². The van der Waals surface area contributed by atoms with Gasteiger partial charge in [0.2, 0.25) is 0 Å². The van der Waals surface area contributed by atoms with E-state index in [9.17, 15) is 13.2 Å². The molecule has 0 amide bonds. The molecule has 0 aromatic carbocycles. The quantitative estimate of drug-likeness (QED) is 0.798. The van der Waals surface area contributed by atoms with Crippen LogP contribution in [-0.2, 0) is 6.18 Å². The summed E-state index contributed by atoms with van der Waals surface area (Å²) in [5.74, 6) is 0. The van der Waals surface area contributed by atoms with E-state index in [-0.39, 0.29) is 6.04 Å². The lowest BCUT2D eigenvalue weighted by Gasteiger charge is -2.18. The van der Waals surface area contributed by atoms with Crippen molar-refractivity contribution in [2.24, 2.45) is 5.73 Å². The topological polar surface area (TPSA) is 42.1 Å². The summed E-state index contributed by atoms with van der Waals surface area (Å²) >= 11 is 0. The molecule has 0 unspecified atom stereocenters. The van der Waals surface area contributed by atoms with E-state index in [4.69, 9.17) is 5.73 Å². The maximum atomic E-state index is 12.4. The Morgan fingerprint density at radius 3 is 2.75 bits per heavy atom. The summed E-state index contributed by atoms with van der Waals surface area (Å²) < 4.78 is 37.3. The SMILES string of the molecule is N[C@@H]1CCN(c2ccnc(C(F)(F)F)c2)C1. The van der Waals surface area contributed by atoms with Crippen LogP contribution in [0.4, 0.5) is 18.9 Å². The number of alkyl halides is 3. The van der Waals surface area contributed by atoms with E-state index < -0.39 is 11.9 Å². The van der Waals surface area contributed by atoms with Gasteiger partial charge in [0.05, 0.1) is 0 Å². The Morgan fingerprint density at radius 1 is 1.44 bits per heavy atom. The molecule has 1 atom stereocenters. The van der Waals surface area contributed by atoms with Gasteiger partial charge in [0.15, 0.2) is 0 Å². The van der Waals surface area contributed by atoms with Crippen molar-refractivity contribution < 1.29 is 13.2 Å². The Kier molecular flexibility index (Phi) is 2.75. The van der Waals surface area contributed by atoms with E-state index in [1.807, 2.05) is 4.90 Å². The summed E-state index contributed by atoms with van der Waals surface area (Å²) in [6, 6.07) is 2.69. The molecule has 2 N–H and O–H groups in total. The van der Waals surface area contributed by atoms with Gasteiger partial charge in [0.1, 0.15) is 5.69 Å². The largest absolute Gasteiger partial charge is 0.433 e. The molecule has 1 aliphatic heterocycles. The van der Waals surface area contributed by atoms with E-state index >= 15 is 0 Å². The molecule has 1 aromatic heterocycles. The number of halogens is 3. The molecule has 0 radical (unpaired) electrons. The third-order valence-electron chi connectivity index (χ3n) is 2.62. The lowest BCUT2D eigenvalue weighted by Crippen LogP contribution is -2.26. The summed E-state index contributed by atoms with van der Waals surface area (Å²) in [6.45, 7) is 1.30. The molecular weight excluding hydrogens is 219 g/mol. The smallest absolute Gasteiger partial charge is 0.370 e. The van der Waals surface area contributed by atoms with E-state index in [1.54, 1.807) is 6.07 Å². The number of anilines is 1. The second kappa shape index (κ2) is 3.93. The molecule has 16 heavy (non-hydrogen) atoms. The second-order valence-electron chi connectivity index (χ2n) is 3.89. The third kappa shape index (κ3) is 2.27. The lowest BCUT2D eigenvalue weighted by molar-refractivity contribution is -0.141. The number of rotatable bonds is 1. The third-order valence-corrected chi connectivity index (χ3v) is 2.62. The molecule has 1 saturated heterocycles. The molecular formula is C10H12F3N3. The van der Waals surface area contributed by atoms with Crippen molar-refractivity contribution in [3.63, 3.8) is 0 Å². The van der Waals surface area contributed by atoms with Crippen molar-refractivity contribution >= 4 is 5.69 Å². The molecule has 88 valence electrons. The van der Waals surface area contributed by atoms with Crippen molar-refractivity contribution in [1.82, 2.24) is 4.98 Å². The van der Waals surface area contributed by atoms with Gasteiger partial charge in [-0.1, -0.05) is 0 Å². The molecule has 6 heteroatoms. The predicted octanol–water partition coefficient (Wildman–Crippen LogP) is 1.64. The normalized spacial score (nSPS) is 21.5. The Balaban J connectivity index is 2.23. The van der Waals surface area contributed by atoms with Crippen LogP contribution in [0.3, 0.4) is 0 Å². The number of hydrogen-bond donors (Lipinski definition) is 1. The maximum absolute atomic E-state index is 12.4. The van der Waals surface area contributed by atoms with Crippen LogP contribution >= 0.6 is 0 Å². The van der Waals surface area contributed by atoms with Crippen LogP contribution in [0.25, 0.3) is 0 Å². The maximum Gasteiger partial charge on any atom is 0.433 e. The zero-order valence-electron chi connectivity index (χ0n) is 8.54. The van der Waals surface area contributed by atoms with E-state index in [0.717, 1.165) is 12.5 Å². The molecule has 0 spiro atoms. The zero-order chi connectivity index (χ0) is 11.8. The van der Waals surface area contributed by atoms with Crippen molar-refractivity contribution in [3.8, 4) is 0 Å². The summed E-state index contributed by atoms with van der Waals surface area (Å²) in [5.41, 5.74) is 5.39. The monoisotopic (exact) mass is 231 g/mol. The molecule has 2 heterocycles. The minimum absolute atomic E-state index is 0.0440. The number of pyridine rings is 1. The fourth-order valence-electron chi connectivity index (χ4n) is 1.79. The van der Waals surface area contributed by atoms with Crippen LogP contribution in [0.5, 0.6) is 0 Å². The fraction of sp³-hybridized carbons (Fsp3) is 0.500. The molecule has 2 rings (SSSR count). The Bertz CT molecular complexity index is 378. The van der Waals surface area contributed by atoms with Gasteiger partial charge < -0.3 is 10.6 Å². The fourth-order valence-corrected chi connectivity index (χ4v) is 1.79. The van der Waals surface area contributed by atoms with Gasteiger partial charge >= 0.3 is 6.18 Å². The zero-order valence-corrected chi connectivity index (χ0v) is 8.54. The minimum atomic E-state index is -4.39. The average molecular weight is 231 g/mol. The Hall–Kier alpha value is -1.30. The van der Waals surface area contributed by atoms with Gasteiger partial charge in [0.25, 0.3) is 0 Å². The first-order chi connectivity index (χ1) is 7.47. The van der Waals surface area contributed by atoms with Gasteiger partial charge in [-0.25, -0.2) is 0 Å². The number of nitrogens with zero attached hydrogens (tertiary/aromatic N) is 2. The Morgan fingerprint density at radius 2 is 2.19 bits per heavy atom. The number of nitrogens with two attached hydrogens (primary N) is 1. The van der Waals surface area contributed by atoms with Gasteiger partial charge in [-0.2, -0.15) is 13.2 Å². The highest BCUT2D eigenvalue weighted by Crippen LogP contribution is 2.30. The van der Waals surface area contributed by atoms with Crippen LogP contribution in [-0.4, -0.2) is 24.1 Å². The summed E-state index contributed by atoms with van der Waals surface area (Å²) in [7, 11) is 0. The molecule has 3 nitrogen and oxygen atoms in total. The van der Waals surface area contributed by atoms with Crippen LogP contribution < -0.4 is 10.6 Å². The number of hydrogen-bond acceptors (Lipinski definition) is 3. The van der Waals surface area contributed by atoms with Crippen LogP contribution in [0.2, 0.25) is 0 Å². The first-order valence-electron chi connectivity index (χ1n) is 5.00. The Labute approximate surface area is 91.1 Å². The van der Waals surface area contributed by atoms with E-state index in [1.165, 1.54) is 6.20 Å². The predicted molar refractivity (Wildman–Crippen MR) is 54.0 cm³/mol. The van der Waals surface area contributed by atoms with Gasteiger partial charge in [-0.3, -0.25) is 4.98 Å². The van der Waals surface area contributed by atoms with Crippen molar-refractivity contribution in [1.29, 1.82) is 0 Å². The van der Waals surface area contributed by atoms with Crippen molar-refractivity contribution in [3.05, 3.63) is 24.0 Å². The van der Waals surface area contributed by atoms with Crippen LogP contribution in [0.1, 0.15) is 12.1 Å². The highest BCUT2D eigenvalue weighted by atomic mass is 19.4. The highest BCUT2D eigenvalue weighted by molar-refractivity contribution is 5.48. The van der Waals surface area contributed by atoms with Gasteiger partial charge in [0, 0.05) is 31.0 Å². The molecule has 0 bridgehead atoms. The summed E-state index contributed by atoms with van der Waals surface area (Å²) in [4.78, 5) is 5.17. The standard InChI is InChI=1S/C10H12F3N3/c11-10(12,13)9-5-8(1-3-15-9)16-4-2-7(14)6-16/h1,3,5,7H,2,4,6,14H2/t7-/m1/s1. The van der Waals surface area contributed by atoms with Gasteiger partial charge in [-0.05, 0) is 18.6 Å². The second-order valence-corrected chi connectivity index (χ2v) is 3.89. The molecule has 0 aliphatic carbocycles. The van der Waals surface area contributed by atoms with E-state index in [0.29, 0.717) is 18.8 Å². The lowest BCUT2D eigenvalue weighted by atomic mass is 10.3. The summed E-state index contributed by atoms with van der Waals surface area (Å²) in [5, 5.41) is 0. The average Bonchev–Trinajstić information content (AvgIpc) is 2.64.